The molecule has 0 aliphatic rings. The summed E-state index contributed by atoms with van der Waals surface area (Å²) in [6, 6.07) is 20.0. The summed E-state index contributed by atoms with van der Waals surface area (Å²) in [6.45, 7) is 6.33. The van der Waals surface area contributed by atoms with Gasteiger partial charge in [0.25, 0.3) is 11.5 Å². The number of carbonyl (C=O) groups is 1. The van der Waals surface area contributed by atoms with Crippen LogP contribution in [0.4, 0.5) is 4.39 Å². The summed E-state index contributed by atoms with van der Waals surface area (Å²) in [5, 5.41) is 0.512. The molecule has 4 aromatic rings. The molecule has 1 heterocycles. The maximum absolute atomic E-state index is 13.9. The van der Waals surface area contributed by atoms with Crippen molar-refractivity contribution in [1.29, 1.82) is 0 Å². The van der Waals surface area contributed by atoms with E-state index in [0.717, 1.165) is 24.1 Å². The van der Waals surface area contributed by atoms with Crippen molar-refractivity contribution >= 4 is 16.8 Å². The second-order valence-electron chi connectivity index (χ2n) is 8.45. The largest absolute Gasteiger partial charge is 0.329 e. The van der Waals surface area contributed by atoms with E-state index < -0.39 is 11.9 Å². The number of para-hydroxylation sites is 2. The Kier molecular flexibility index (Phi) is 6.87. The molecule has 1 atom stereocenters. The van der Waals surface area contributed by atoms with Crippen molar-refractivity contribution < 1.29 is 9.18 Å². The summed E-state index contributed by atoms with van der Waals surface area (Å²) in [5.74, 6) is -0.285. The third kappa shape index (κ3) is 4.49. The topological polar surface area (TPSA) is 55.2 Å². The van der Waals surface area contributed by atoms with E-state index in [0.29, 0.717) is 23.3 Å². The molecule has 0 bridgehead atoms. The van der Waals surface area contributed by atoms with Gasteiger partial charge in [-0.2, -0.15) is 0 Å². The van der Waals surface area contributed by atoms with Gasteiger partial charge in [-0.15, -0.1) is 0 Å². The average Bonchev–Trinajstić information content (AvgIpc) is 2.84. The molecule has 174 valence electrons. The van der Waals surface area contributed by atoms with E-state index in [-0.39, 0.29) is 17.0 Å². The lowest BCUT2D eigenvalue weighted by Crippen LogP contribution is -2.38. The number of hydrogen-bond donors (Lipinski definition) is 0. The molecule has 1 unspecified atom stereocenters. The average molecular weight is 458 g/mol. The molecule has 6 heteroatoms. The molecule has 0 aliphatic heterocycles. The number of amides is 1. The molecule has 0 fully saturated rings. The molecule has 1 aromatic heterocycles. The van der Waals surface area contributed by atoms with Gasteiger partial charge in [0.1, 0.15) is 11.6 Å². The van der Waals surface area contributed by atoms with Crippen molar-refractivity contribution in [3.8, 4) is 5.69 Å². The predicted octanol–water partition coefficient (Wildman–Crippen LogP) is 5.84. The Balaban J connectivity index is 1.92. The number of halogens is 1. The molecule has 0 spiro atoms. The van der Waals surface area contributed by atoms with E-state index in [1.807, 2.05) is 57.2 Å². The molecular weight excluding hydrogens is 429 g/mol. The van der Waals surface area contributed by atoms with Gasteiger partial charge in [-0.1, -0.05) is 49.7 Å². The minimum atomic E-state index is -0.528. The van der Waals surface area contributed by atoms with Crippen LogP contribution in [0, 0.1) is 12.7 Å². The van der Waals surface area contributed by atoms with Crippen molar-refractivity contribution in [2.24, 2.45) is 0 Å². The second-order valence-corrected chi connectivity index (χ2v) is 8.45. The normalized spacial score (nSPS) is 12.0. The molecule has 1 amide bonds. The highest BCUT2D eigenvalue weighted by atomic mass is 19.1. The smallest absolute Gasteiger partial charge is 0.266 e. The standard InChI is InChI=1S/C28H28FN3O2/c1-4-5-17-31(27(33)21-12-10-13-22(29)18-21)20(3)26-30-24-15-8-7-14-23(24)28(34)32(26)25-16-9-6-11-19(25)2/h6-16,18,20H,4-5,17H2,1-3H3. The lowest BCUT2D eigenvalue weighted by Gasteiger charge is -2.31. The Bertz CT molecular complexity index is 1400. The highest BCUT2D eigenvalue weighted by Gasteiger charge is 2.28. The van der Waals surface area contributed by atoms with Crippen molar-refractivity contribution in [3.63, 3.8) is 0 Å². The Morgan fingerprint density at radius 2 is 1.79 bits per heavy atom. The summed E-state index contributed by atoms with van der Waals surface area (Å²) in [5.41, 5.74) is 2.31. The number of aromatic nitrogens is 2. The summed E-state index contributed by atoms with van der Waals surface area (Å²) in [6.07, 6.45) is 1.66. The van der Waals surface area contributed by atoms with Gasteiger partial charge in [0.15, 0.2) is 0 Å². The SMILES string of the molecule is CCCCN(C(=O)c1cccc(F)c1)C(C)c1nc2ccccc2c(=O)n1-c1ccccc1C. The van der Waals surface area contributed by atoms with Crippen LogP contribution in [0.5, 0.6) is 0 Å². The Hall–Kier alpha value is -3.80. The third-order valence-corrected chi connectivity index (χ3v) is 6.08. The molecular formula is C28H28FN3O2. The summed E-state index contributed by atoms with van der Waals surface area (Å²) in [4.78, 5) is 33.8. The number of benzene rings is 3. The molecule has 0 saturated carbocycles. The van der Waals surface area contributed by atoms with Crippen LogP contribution < -0.4 is 5.56 Å². The Labute approximate surface area is 198 Å². The number of nitrogens with zero attached hydrogens (tertiary/aromatic N) is 3. The first kappa shape index (κ1) is 23.4. The van der Waals surface area contributed by atoms with Crippen LogP contribution in [0.25, 0.3) is 16.6 Å². The lowest BCUT2D eigenvalue weighted by molar-refractivity contribution is 0.0677. The molecule has 0 radical (unpaired) electrons. The van der Waals surface area contributed by atoms with Gasteiger partial charge < -0.3 is 4.90 Å². The summed E-state index contributed by atoms with van der Waals surface area (Å²) < 4.78 is 15.5. The van der Waals surface area contributed by atoms with Gasteiger partial charge in [-0.3, -0.25) is 14.2 Å². The fraction of sp³-hybridized carbons (Fsp3) is 0.250. The maximum atomic E-state index is 13.9. The Morgan fingerprint density at radius 1 is 1.06 bits per heavy atom. The van der Waals surface area contributed by atoms with Crippen LogP contribution in [0.15, 0.2) is 77.6 Å². The molecule has 5 nitrogen and oxygen atoms in total. The summed E-state index contributed by atoms with van der Waals surface area (Å²) in [7, 11) is 0. The van der Waals surface area contributed by atoms with Crippen molar-refractivity contribution in [2.45, 2.75) is 39.7 Å². The van der Waals surface area contributed by atoms with E-state index in [9.17, 15) is 14.0 Å². The first-order valence-electron chi connectivity index (χ1n) is 11.6. The van der Waals surface area contributed by atoms with Crippen LogP contribution >= 0.6 is 0 Å². The number of rotatable bonds is 7. The first-order valence-corrected chi connectivity index (χ1v) is 11.6. The van der Waals surface area contributed by atoms with Gasteiger partial charge in [-0.05, 0) is 62.2 Å². The lowest BCUT2D eigenvalue weighted by atomic mass is 10.1. The maximum Gasteiger partial charge on any atom is 0.266 e. The zero-order valence-corrected chi connectivity index (χ0v) is 19.7. The molecule has 3 aromatic carbocycles. The fourth-order valence-corrected chi connectivity index (χ4v) is 4.20. The third-order valence-electron chi connectivity index (χ3n) is 6.08. The van der Waals surface area contributed by atoms with Gasteiger partial charge in [0.05, 0.1) is 22.6 Å². The number of aryl methyl sites for hydroxylation is 1. The van der Waals surface area contributed by atoms with Gasteiger partial charge in [0, 0.05) is 12.1 Å². The second kappa shape index (κ2) is 10.00. The van der Waals surface area contributed by atoms with Gasteiger partial charge in [-0.25, -0.2) is 9.37 Å². The van der Waals surface area contributed by atoms with Crippen LogP contribution in [0.1, 0.15) is 54.5 Å². The van der Waals surface area contributed by atoms with Crippen molar-refractivity contribution in [3.05, 3.63) is 106 Å². The monoisotopic (exact) mass is 457 g/mol. The van der Waals surface area contributed by atoms with E-state index in [4.69, 9.17) is 4.98 Å². The van der Waals surface area contributed by atoms with E-state index in [2.05, 4.69) is 0 Å². The van der Waals surface area contributed by atoms with Crippen molar-refractivity contribution in [1.82, 2.24) is 14.5 Å². The fourth-order valence-electron chi connectivity index (χ4n) is 4.20. The predicted molar refractivity (Wildman–Crippen MR) is 133 cm³/mol. The number of unbranched alkanes of at least 4 members (excludes halogenated alkanes) is 1. The van der Waals surface area contributed by atoms with E-state index in [1.54, 1.807) is 27.7 Å². The zero-order chi connectivity index (χ0) is 24.2. The highest BCUT2D eigenvalue weighted by molar-refractivity contribution is 5.94. The van der Waals surface area contributed by atoms with Crippen LogP contribution in [-0.4, -0.2) is 26.9 Å². The molecule has 0 saturated heterocycles. The number of carbonyl (C=O) groups excluding carboxylic acids is 1. The minimum Gasteiger partial charge on any atom is -0.329 e. The van der Waals surface area contributed by atoms with E-state index >= 15 is 0 Å². The van der Waals surface area contributed by atoms with Crippen LogP contribution in [0.2, 0.25) is 0 Å². The van der Waals surface area contributed by atoms with Crippen LogP contribution in [0.3, 0.4) is 0 Å². The Morgan fingerprint density at radius 3 is 2.53 bits per heavy atom. The van der Waals surface area contributed by atoms with Crippen LogP contribution in [-0.2, 0) is 0 Å². The quantitative estimate of drug-likeness (QED) is 0.350. The molecule has 34 heavy (non-hydrogen) atoms. The number of hydrogen-bond acceptors (Lipinski definition) is 3. The first-order chi connectivity index (χ1) is 16.4. The van der Waals surface area contributed by atoms with Gasteiger partial charge in [0.2, 0.25) is 0 Å². The zero-order valence-electron chi connectivity index (χ0n) is 19.7. The molecule has 0 N–H and O–H groups in total. The van der Waals surface area contributed by atoms with E-state index in [1.165, 1.54) is 18.2 Å². The summed E-state index contributed by atoms with van der Waals surface area (Å²) >= 11 is 0. The minimum absolute atomic E-state index is 0.185. The number of fused-ring (bicyclic) bond motifs is 1. The molecule has 0 aliphatic carbocycles. The molecule has 4 rings (SSSR count). The van der Waals surface area contributed by atoms with Gasteiger partial charge >= 0.3 is 0 Å². The highest BCUT2D eigenvalue weighted by Crippen LogP contribution is 2.26. The van der Waals surface area contributed by atoms with Crippen molar-refractivity contribution in [2.75, 3.05) is 6.54 Å².